The van der Waals surface area contributed by atoms with Crippen LogP contribution in [-0.4, -0.2) is 37.2 Å². The van der Waals surface area contributed by atoms with Crippen molar-refractivity contribution >= 4 is 17.9 Å². The van der Waals surface area contributed by atoms with E-state index in [9.17, 15) is 14.4 Å². The van der Waals surface area contributed by atoms with Crippen LogP contribution in [-0.2, 0) is 28.6 Å². The zero-order valence-corrected chi connectivity index (χ0v) is 47.9. The van der Waals surface area contributed by atoms with Crippen molar-refractivity contribution in [3.63, 3.8) is 0 Å². The summed E-state index contributed by atoms with van der Waals surface area (Å²) in [5.41, 5.74) is 0. The van der Waals surface area contributed by atoms with Gasteiger partial charge < -0.3 is 14.2 Å². The van der Waals surface area contributed by atoms with Gasteiger partial charge in [-0.15, -0.1) is 0 Å². The summed E-state index contributed by atoms with van der Waals surface area (Å²) in [6.45, 7) is 6.41. The fraction of sp³-hybridized carbons (Fsp3) is 0.716. The number of rotatable bonds is 55. The summed E-state index contributed by atoms with van der Waals surface area (Å²) in [7, 11) is 0. The molecule has 0 aromatic carbocycles. The van der Waals surface area contributed by atoms with Gasteiger partial charge in [0.2, 0.25) is 0 Å². The highest BCUT2D eigenvalue weighted by Gasteiger charge is 2.19. The molecular weight excluding hydrogens is 901 g/mol. The fourth-order valence-corrected chi connectivity index (χ4v) is 8.48. The zero-order valence-electron chi connectivity index (χ0n) is 47.9. The van der Waals surface area contributed by atoms with Crippen LogP contribution in [0.15, 0.2) is 97.2 Å². The molecule has 0 radical (unpaired) electrons. The second kappa shape index (κ2) is 60.9. The fourth-order valence-electron chi connectivity index (χ4n) is 8.48. The Bertz CT molecular complexity index is 1440. The first-order valence-electron chi connectivity index (χ1n) is 30.7. The van der Waals surface area contributed by atoms with E-state index >= 15 is 0 Å². The Balaban J connectivity index is 3.95. The predicted molar refractivity (Wildman–Crippen MR) is 316 cm³/mol. The maximum absolute atomic E-state index is 12.8. The van der Waals surface area contributed by atoms with Crippen molar-refractivity contribution in [2.45, 2.75) is 297 Å². The van der Waals surface area contributed by atoms with Crippen LogP contribution in [0.3, 0.4) is 0 Å². The maximum atomic E-state index is 12.8. The predicted octanol–water partition coefficient (Wildman–Crippen LogP) is 20.9. The number of hydrogen-bond donors (Lipinski definition) is 0. The number of esters is 3. The van der Waals surface area contributed by atoms with Crippen molar-refractivity contribution in [2.75, 3.05) is 13.2 Å². The Labute approximate surface area is 451 Å². The number of hydrogen-bond acceptors (Lipinski definition) is 6. The van der Waals surface area contributed by atoms with Gasteiger partial charge in [0.15, 0.2) is 6.10 Å². The molecule has 73 heavy (non-hydrogen) atoms. The Kier molecular flexibility index (Phi) is 57.8. The van der Waals surface area contributed by atoms with Crippen LogP contribution in [0.2, 0.25) is 0 Å². The summed E-state index contributed by atoms with van der Waals surface area (Å²) in [5, 5.41) is 0. The van der Waals surface area contributed by atoms with E-state index in [0.29, 0.717) is 19.3 Å². The number of carbonyl (C=O) groups excluding carboxylic acids is 3. The lowest BCUT2D eigenvalue weighted by atomic mass is 10.0. The molecule has 0 saturated heterocycles. The Morgan fingerprint density at radius 1 is 0.288 bits per heavy atom. The van der Waals surface area contributed by atoms with Gasteiger partial charge in [0.1, 0.15) is 13.2 Å². The number of carbonyl (C=O) groups is 3. The van der Waals surface area contributed by atoms with Crippen LogP contribution < -0.4 is 0 Å². The number of unbranched alkanes of at least 4 members (excludes halogenated alkanes) is 28. The lowest BCUT2D eigenvalue weighted by molar-refractivity contribution is -0.167. The van der Waals surface area contributed by atoms with Gasteiger partial charge in [0.25, 0.3) is 0 Å². The highest BCUT2D eigenvalue weighted by atomic mass is 16.6. The normalized spacial score (nSPS) is 12.8. The van der Waals surface area contributed by atoms with Crippen molar-refractivity contribution in [3.8, 4) is 0 Å². The smallest absolute Gasteiger partial charge is 0.306 e. The van der Waals surface area contributed by atoms with E-state index in [-0.39, 0.29) is 31.1 Å². The third kappa shape index (κ3) is 59.1. The monoisotopic (exact) mass is 1010 g/mol. The van der Waals surface area contributed by atoms with E-state index in [1.165, 1.54) is 122 Å². The van der Waals surface area contributed by atoms with Gasteiger partial charge in [-0.3, -0.25) is 14.4 Å². The molecular formula is C67H114O6. The van der Waals surface area contributed by atoms with E-state index in [0.717, 1.165) is 128 Å². The summed E-state index contributed by atoms with van der Waals surface area (Å²) < 4.78 is 16.7. The average Bonchev–Trinajstić information content (AvgIpc) is 3.39. The molecule has 0 N–H and O–H groups in total. The van der Waals surface area contributed by atoms with Gasteiger partial charge >= 0.3 is 17.9 Å². The quantitative estimate of drug-likeness (QED) is 0.0261. The van der Waals surface area contributed by atoms with Crippen LogP contribution in [0.5, 0.6) is 0 Å². The van der Waals surface area contributed by atoms with E-state index in [1.54, 1.807) is 0 Å². The summed E-state index contributed by atoms with van der Waals surface area (Å²) in [6, 6.07) is 0. The van der Waals surface area contributed by atoms with Crippen LogP contribution in [0, 0.1) is 0 Å². The minimum absolute atomic E-state index is 0.0805. The molecule has 0 aliphatic carbocycles. The minimum Gasteiger partial charge on any atom is -0.462 e. The molecule has 0 saturated carbocycles. The van der Waals surface area contributed by atoms with E-state index in [1.807, 2.05) is 0 Å². The minimum atomic E-state index is -0.779. The van der Waals surface area contributed by atoms with Gasteiger partial charge in [0, 0.05) is 19.3 Å². The highest BCUT2D eigenvalue weighted by Crippen LogP contribution is 2.16. The molecule has 0 bridgehead atoms. The maximum Gasteiger partial charge on any atom is 0.306 e. The van der Waals surface area contributed by atoms with Crippen LogP contribution in [0.1, 0.15) is 290 Å². The summed E-state index contributed by atoms with van der Waals surface area (Å²) in [5.74, 6) is -0.903. The van der Waals surface area contributed by atoms with Crippen molar-refractivity contribution in [1.82, 2.24) is 0 Å². The number of ether oxygens (including phenoxy) is 3. The molecule has 0 aromatic rings. The molecule has 0 spiro atoms. The molecule has 6 nitrogen and oxygen atoms in total. The molecule has 1 unspecified atom stereocenters. The Morgan fingerprint density at radius 2 is 0.534 bits per heavy atom. The van der Waals surface area contributed by atoms with Gasteiger partial charge in [-0.1, -0.05) is 266 Å². The van der Waals surface area contributed by atoms with Gasteiger partial charge in [-0.05, 0) is 103 Å². The second-order valence-electron chi connectivity index (χ2n) is 20.2. The van der Waals surface area contributed by atoms with Crippen molar-refractivity contribution < 1.29 is 28.6 Å². The average molecular weight is 1020 g/mol. The van der Waals surface area contributed by atoms with Crippen molar-refractivity contribution in [3.05, 3.63) is 97.2 Å². The van der Waals surface area contributed by atoms with Crippen LogP contribution in [0.4, 0.5) is 0 Å². The molecule has 0 heterocycles. The van der Waals surface area contributed by atoms with Crippen LogP contribution >= 0.6 is 0 Å². The third-order valence-corrected chi connectivity index (χ3v) is 13.1. The molecule has 0 aliphatic rings. The molecule has 418 valence electrons. The molecule has 0 aliphatic heterocycles. The van der Waals surface area contributed by atoms with Gasteiger partial charge in [-0.25, -0.2) is 0 Å². The first-order valence-corrected chi connectivity index (χ1v) is 30.7. The Morgan fingerprint density at radius 3 is 0.863 bits per heavy atom. The standard InChI is InChI=1S/C67H114O6/c1-4-7-10-13-15-17-19-21-23-24-25-26-27-28-29-30-31-32-33-34-35-36-37-38-39-40-41-42-44-45-47-49-51-54-57-60-66(69)72-63-64(62-71-65(68)59-56-53-12-9-6-3)73-67(70)61-58-55-52-50-48-46-43-22-20-18-16-14-11-8-5-2/h7,10,15-18,21-23,25-26,28-29,31-32,43,64H,4-6,8-9,11-14,19-20,24,27,30,33-42,44-63H2,1-3H3/b10-7-,17-15-,18-16-,23-21-,26-25-,29-28-,32-31-,43-22-. The topological polar surface area (TPSA) is 78.9 Å². The second-order valence-corrected chi connectivity index (χ2v) is 20.2. The summed E-state index contributed by atoms with van der Waals surface area (Å²) >= 11 is 0. The van der Waals surface area contributed by atoms with E-state index < -0.39 is 6.10 Å². The molecule has 0 fully saturated rings. The lowest BCUT2D eigenvalue weighted by Gasteiger charge is -2.18. The van der Waals surface area contributed by atoms with Gasteiger partial charge in [-0.2, -0.15) is 0 Å². The van der Waals surface area contributed by atoms with Crippen molar-refractivity contribution in [1.29, 1.82) is 0 Å². The Hall–Kier alpha value is -3.67. The zero-order chi connectivity index (χ0) is 52.9. The van der Waals surface area contributed by atoms with Crippen LogP contribution in [0.25, 0.3) is 0 Å². The first kappa shape index (κ1) is 69.3. The highest BCUT2D eigenvalue weighted by molar-refractivity contribution is 5.71. The molecule has 0 amide bonds. The van der Waals surface area contributed by atoms with Gasteiger partial charge in [0.05, 0.1) is 0 Å². The van der Waals surface area contributed by atoms with E-state index in [4.69, 9.17) is 14.2 Å². The molecule has 6 heteroatoms. The molecule has 0 rings (SSSR count). The lowest BCUT2D eigenvalue weighted by Crippen LogP contribution is -2.30. The van der Waals surface area contributed by atoms with Crippen molar-refractivity contribution in [2.24, 2.45) is 0 Å². The van der Waals surface area contributed by atoms with E-state index in [2.05, 4.69) is 118 Å². The first-order chi connectivity index (χ1) is 36.0. The SMILES string of the molecule is CC/C=C\C/C=C\C/C=C\C/C=C\C/C=C\C/C=C\CCCCCCCCCCCCCCCCCCC(=O)OCC(COC(=O)CCCCCCC)OC(=O)CCCCCCC/C=C\C/C=C\CCCCC. The largest absolute Gasteiger partial charge is 0.462 e. The molecule has 0 aromatic heterocycles. The number of allylic oxidation sites excluding steroid dienone is 16. The third-order valence-electron chi connectivity index (χ3n) is 13.1. The summed E-state index contributed by atoms with van der Waals surface area (Å²) in [4.78, 5) is 37.8. The summed E-state index contributed by atoms with van der Waals surface area (Å²) in [6.07, 6.45) is 81.8. The molecule has 1 atom stereocenters.